The Kier molecular flexibility index (Phi) is 5.59. The molecule has 1 fully saturated rings. The summed E-state index contributed by atoms with van der Waals surface area (Å²) in [5, 5.41) is 0.186. The number of benzene rings is 1. The van der Waals surface area contributed by atoms with Gasteiger partial charge >= 0.3 is 0 Å². The SMILES string of the molecule is CCCC1CCC(N)C(S(=O)Cc2ccccc2)C1. The van der Waals surface area contributed by atoms with Crippen LogP contribution in [0.2, 0.25) is 0 Å². The normalized spacial score (nSPS) is 29.1. The van der Waals surface area contributed by atoms with Crippen molar-refractivity contribution in [3.8, 4) is 0 Å². The molecule has 0 amide bonds. The summed E-state index contributed by atoms with van der Waals surface area (Å²) in [6.45, 7) is 2.23. The van der Waals surface area contributed by atoms with Crippen molar-refractivity contribution >= 4 is 10.8 Å². The van der Waals surface area contributed by atoms with Crippen molar-refractivity contribution in [2.24, 2.45) is 11.7 Å². The van der Waals surface area contributed by atoms with E-state index in [1.165, 1.54) is 19.3 Å². The van der Waals surface area contributed by atoms with Crippen LogP contribution < -0.4 is 5.73 Å². The fourth-order valence-corrected chi connectivity index (χ4v) is 4.80. The van der Waals surface area contributed by atoms with Gasteiger partial charge in [0, 0.05) is 22.6 Å². The molecular weight excluding hydrogens is 254 g/mol. The van der Waals surface area contributed by atoms with E-state index < -0.39 is 10.8 Å². The van der Waals surface area contributed by atoms with Crippen molar-refractivity contribution in [1.29, 1.82) is 0 Å². The molecule has 2 rings (SSSR count). The zero-order valence-electron chi connectivity index (χ0n) is 11.8. The van der Waals surface area contributed by atoms with Gasteiger partial charge in [0.15, 0.2) is 0 Å². The lowest BCUT2D eigenvalue weighted by molar-refractivity contribution is 0.313. The minimum absolute atomic E-state index is 0.123. The van der Waals surface area contributed by atoms with Crippen LogP contribution in [0.4, 0.5) is 0 Å². The lowest BCUT2D eigenvalue weighted by Crippen LogP contribution is -2.43. The summed E-state index contributed by atoms with van der Waals surface area (Å²) < 4.78 is 12.6. The molecule has 1 aromatic rings. The minimum atomic E-state index is -0.837. The van der Waals surface area contributed by atoms with Crippen molar-refractivity contribution in [2.45, 2.75) is 56.1 Å². The summed E-state index contributed by atoms with van der Waals surface area (Å²) in [7, 11) is -0.837. The van der Waals surface area contributed by atoms with Crippen LogP contribution in [0.5, 0.6) is 0 Å². The van der Waals surface area contributed by atoms with Gasteiger partial charge in [-0.15, -0.1) is 0 Å². The van der Waals surface area contributed by atoms with Gasteiger partial charge in [0.05, 0.1) is 5.25 Å². The van der Waals surface area contributed by atoms with Crippen molar-refractivity contribution in [2.75, 3.05) is 0 Å². The summed E-state index contributed by atoms with van der Waals surface area (Å²) in [5.41, 5.74) is 7.36. The van der Waals surface area contributed by atoms with E-state index in [-0.39, 0.29) is 11.3 Å². The van der Waals surface area contributed by atoms with Crippen molar-refractivity contribution in [3.05, 3.63) is 35.9 Å². The summed E-state index contributed by atoms with van der Waals surface area (Å²) in [6.07, 6.45) is 5.78. The maximum Gasteiger partial charge on any atom is 0.0505 e. The molecule has 2 nitrogen and oxygen atoms in total. The average molecular weight is 279 g/mol. The Morgan fingerprint density at radius 2 is 2.00 bits per heavy atom. The third-order valence-corrected chi connectivity index (χ3v) is 5.97. The molecule has 0 aromatic heterocycles. The Hall–Kier alpha value is -0.670. The largest absolute Gasteiger partial charge is 0.327 e. The third kappa shape index (κ3) is 4.15. The molecule has 1 saturated carbocycles. The number of hydrogen-bond donors (Lipinski definition) is 1. The van der Waals surface area contributed by atoms with Crippen LogP contribution in [0, 0.1) is 5.92 Å². The van der Waals surface area contributed by atoms with Gasteiger partial charge in [-0.05, 0) is 30.7 Å². The molecule has 1 aliphatic rings. The van der Waals surface area contributed by atoms with Crippen LogP contribution in [0.3, 0.4) is 0 Å². The molecule has 1 aromatic carbocycles. The van der Waals surface area contributed by atoms with Crippen molar-refractivity contribution < 1.29 is 4.21 Å². The zero-order chi connectivity index (χ0) is 13.7. The molecule has 3 heteroatoms. The molecule has 4 atom stereocenters. The van der Waals surface area contributed by atoms with E-state index in [1.807, 2.05) is 18.2 Å². The second kappa shape index (κ2) is 7.20. The topological polar surface area (TPSA) is 43.1 Å². The van der Waals surface area contributed by atoms with Gasteiger partial charge in [-0.1, -0.05) is 50.1 Å². The first-order chi connectivity index (χ1) is 9.20. The second-order valence-corrected chi connectivity index (χ2v) is 7.34. The predicted octanol–water partition coefficient (Wildman–Crippen LogP) is 3.23. The van der Waals surface area contributed by atoms with Crippen molar-refractivity contribution in [1.82, 2.24) is 0 Å². The Labute approximate surface area is 119 Å². The fraction of sp³-hybridized carbons (Fsp3) is 0.625. The molecular formula is C16H25NOS. The Morgan fingerprint density at radius 3 is 2.68 bits per heavy atom. The predicted molar refractivity (Wildman–Crippen MR) is 82.3 cm³/mol. The quantitative estimate of drug-likeness (QED) is 0.899. The summed E-state index contributed by atoms with van der Waals surface area (Å²) in [5.74, 6) is 1.38. The maximum atomic E-state index is 12.6. The smallest absolute Gasteiger partial charge is 0.0505 e. The van der Waals surface area contributed by atoms with E-state index in [2.05, 4.69) is 19.1 Å². The molecule has 0 saturated heterocycles. The lowest BCUT2D eigenvalue weighted by Gasteiger charge is -2.33. The number of hydrogen-bond acceptors (Lipinski definition) is 2. The molecule has 4 unspecified atom stereocenters. The van der Waals surface area contributed by atoms with Gasteiger partial charge in [0.1, 0.15) is 0 Å². The molecule has 0 radical (unpaired) electrons. The van der Waals surface area contributed by atoms with Crippen molar-refractivity contribution in [3.63, 3.8) is 0 Å². The first-order valence-electron chi connectivity index (χ1n) is 7.37. The van der Waals surface area contributed by atoms with Gasteiger partial charge in [0.2, 0.25) is 0 Å². The summed E-state index contributed by atoms with van der Waals surface area (Å²) in [4.78, 5) is 0. The van der Waals surface area contributed by atoms with E-state index in [9.17, 15) is 4.21 Å². The average Bonchev–Trinajstić information content (AvgIpc) is 2.42. The highest BCUT2D eigenvalue weighted by Gasteiger charge is 2.31. The van der Waals surface area contributed by atoms with E-state index in [1.54, 1.807) is 0 Å². The highest BCUT2D eigenvalue weighted by Crippen LogP contribution is 2.30. The minimum Gasteiger partial charge on any atom is -0.327 e. The molecule has 106 valence electrons. The Bertz CT molecular complexity index is 406. The van der Waals surface area contributed by atoms with E-state index in [0.29, 0.717) is 5.75 Å². The van der Waals surface area contributed by atoms with Crippen LogP contribution in [-0.4, -0.2) is 15.5 Å². The lowest BCUT2D eigenvalue weighted by atomic mass is 9.83. The highest BCUT2D eigenvalue weighted by molar-refractivity contribution is 7.84. The second-order valence-electron chi connectivity index (χ2n) is 5.68. The zero-order valence-corrected chi connectivity index (χ0v) is 12.6. The molecule has 2 N–H and O–H groups in total. The van der Waals surface area contributed by atoms with E-state index >= 15 is 0 Å². The fourth-order valence-electron chi connectivity index (χ4n) is 3.05. The van der Waals surface area contributed by atoms with Gasteiger partial charge in [-0.3, -0.25) is 4.21 Å². The monoisotopic (exact) mass is 279 g/mol. The van der Waals surface area contributed by atoms with Gasteiger partial charge in [-0.2, -0.15) is 0 Å². The highest BCUT2D eigenvalue weighted by atomic mass is 32.2. The maximum absolute atomic E-state index is 12.6. The molecule has 0 spiro atoms. The molecule has 1 aliphatic carbocycles. The number of nitrogens with two attached hydrogens (primary N) is 1. The standard InChI is InChI=1S/C16H25NOS/c1-2-6-13-9-10-15(17)16(11-13)19(18)12-14-7-4-3-5-8-14/h3-5,7-8,13,15-16H,2,6,9-12,17H2,1H3. The molecule has 0 heterocycles. The van der Waals surface area contributed by atoms with Gasteiger partial charge < -0.3 is 5.73 Å². The van der Waals surface area contributed by atoms with Crippen LogP contribution in [-0.2, 0) is 16.6 Å². The summed E-state index contributed by atoms with van der Waals surface area (Å²) >= 11 is 0. The van der Waals surface area contributed by atoms with Gasteiger partial charge in [-0.25, -0.2) is 0 Å². The molecule has 0 bridgehead atoms. The Morgan fingerprint density at radius 1 is 1.26 bits per heavy atom. The van der Waals surface area contributed by atoms with E-state index in [4.69, 9.17) is 5.73 Å². The Balaban J connectivity index is 1.96. The number of rotatable bonds is 5. The van der Waals surface area contributed by atoms with Crippen LogP contribution in [0.25, 0.3) is 0 Å². The van der Waals surface area contributed by atoms with Crippen LogP contribution in [0.15, 0.2) is 30.3 Å². The first-order valence-corrected chi connectivity index (χ1v) is 8.75. The van der Waals surface area contributed by atoms with E-state index in [0.717, 1.165) is 24.3 Å². The van der Waals surface area contributed by atoms with Crippen LogP contribution in [0.1, 0.15) is 44.6 Å². The molecule has 19 heavy (non-hydrogen) atoms. The third-order valence-electron chi connectivity index (χ3n) is 4.14. The van der Waals surface area contributed by atoms with Crippen LogP contribution >= 0.6 is 0 Å². The summed E-state index contributed by atoms with van der Waals surface area (Å²) in [6, 6.07) is 10.2. The van der Waals surface area contributed by atoms with Gasteiger partial charge in [0.25, 0.3) is 0 Å². The first kappa shape index (κ1) is 14.7. The molecule has 0 aliphatic heterocycles.